The molecule has 1 atom stereocenters. The van der Waals surface area contributed by atoms with Crippen LogP contribution in [0.3, 0.4) is 0 Å². The van der Waals surface area contributed by atoms with Crippen molar-refractivity contribution in [1.29, 1.82) is 0 Å². The molecule has 392 valence electrons. The second-order valence-electron chi connectivity index (χ2n) is 20.8. The summed E-state index contributed by atoms with van der Waals surface area (Å²) in [7, 11) is 3.89. The van der Waals surface area contributed by atoms with Crippen molar-refractivity contribution in [3.63, 3.8) is 0 Å². The van der Waals surface area contributed by atoms with Crippen molar-refractivity contribution in [3.05, 3.63) is 71.3 Å². The Hall–Kier alpha value is -6.00. The SMILES string of the molecule is C#CC(C)(C)C.C#CC(C)CCC.C#CC1CC1.C#CC1CCCC1.C#CC1CCCCC1.C#CCC1CCCC1.C#CCC1CCCCC1.C#CCN(C)C.C#Cc1ccc(C)cc1.C#Cc1ccccc1. The van der Waals surface area contributed by atoms with Crippen LogP contribution in [0.1, 0.15) is 205 Å². The second-order valence-corrected chi connectivity index (χ2v) is 20.8. The van der Waals surface area contributed by atoms with E-state index in [-0.39, 0.29) is 5.41 Å². The largest absolute Gasteiger partial charge is 0.299 e. The molecular formula is C72H99N. The smallest absolute Gasteiger partial charge is 0.0593 e. The maximum absolute atomic E-state index is 5.25. The fraction of sp³-hybridized carbons (Fsp3) is 0.556. The fourth-order valence-corrected chi connectivity index (χ4v) is 7.43. The van der Waals surface area contributed by atoms with Crippen LogP contribution in [0.15, 0.2) is 54.6 Å². The summed E-state index contributed by atoms with van der Waals surface area (Å²) in [5.74, 6) is 30.6. The summed E-state index contributed by atoms with van der Waals surface area (Å²) in [6, 6.07) is 17.5. The average molecular weight is 979 g/mol. The molecule has 2 aromatic carbocycles. The quantitative estimate of drug-likeness (QED) is 0.270. The van der Waals surface area contributed by atoms with Crippen LogP contribution in [0, 0.1) is 171 Å². The molecule has 0 amide bonds. The lowest BCUT2D eigenvalue weighted by Gasteiger charge is -2.18. The van der Waals surface area contributed by atoms with Crippen LogP contribution in [0.2, 0.25) is 0 Å². The van der Waals surface area contributed by atoms with E-state index in [0.717, 1.165) is 48.8 Å². The summed E-state index contributed by atoms with van der Waals surface area (Å²) in [4.78, 5) is 1.94. The van der Waals surface area contributed by atoms with Crippen LogP contribution in [0.4, 0.5) is 0 Å². The van der Waals surface area contributed by atoms with E-state index >= 15 is 0 Å². The van der Waals surface area contributed by atoms with Crippen molar-refractivity contribution in [2.45, 2.75) is 196 Å². The number of aryl methyl sites for hydroxylation is 1. The molecule has 0 saturated heterocycles. The first-order chi connectivity index (χ1) is 35.1. The maximum atomic E-state index is 5.25. The van der Waals surface area contributed by atoms with Gasteiger partial charge in [0.1, 0.15) is 0 Å². The molecule has 0 aromatic heterocycles. The van der Waals surface area contributed by atoms with Gasteiger partial charge in [0.15, 0.2) is 0 Å². The Morgan fingerprint density at radius 1 is 0.507 bits per heavy atom. The minimum absolute atomic E-state index is 0.0694. The van der Waals surface area contributed by atoms with Crippen LogP contribution >= 0.6 is 0 Å². The highest BCUT2D eigenvalue weighted by Crippen LogP contribution is 2.28. The topological polar surface area (TPSA) is 3.24 Å². The molecule has 2 aromatic rings. The Labute approximate surface area is 454 Å². The van der Waals surface area contributed by atoms with Gasteiger partial charge in [0.05, 0.1) is 6.54 Å². The number of benzene rings is 2. The normalized spacial score (nSPS) is 15.6. The van der Waals surface area contributed by atoms with Gasteiger partial charge in [-0.1, -0.05) is 138 Å². The number of hydrogen-bond donors (Lipinski definition) is 0. The van der Waals surface area contributed by atoms with E-state index in [0.29, 0.717) is 23.7 Å². The van der Waals surface area contributed by atoms with Gasteiger partial charge in [0, 0.05) is 53.1 Å². The van der Waals surface area contributed by atoms with Gasteiger partial charge in [-0.2, -0.15) is 0 Å². The molecular weight excluding hydrogens is 879 g/mol. The zero-order valence-corrected chi connectivity index (χ0v) is 47.6. The summed E-state index contributed by atoms with van der Waals surface area (Å²) in [5.41, 5.74) is 3.20. The van der Waals surface area contributed by atoms with Crippen molar-refractivity contribution < 1.29 is 0 Å². The van der Waals surface area contributed by atoms with Crippen molar-refractivity contribution in [1.82, 2.24) is 4.90 Å². The van der Waals surface area contributed by atoms with Crippen LogP contribution in [0.5, 0.6) is 0 Å². The molecule has 5 aliphatic rings. The van der Waals surface area contributed by atoms with E-state index in [2.05, 4.69) is 73.1 Å². The molecule has 0 bridgehead atoms. The zero-order chi connectivity index (χ0) is 55.4. The Bertz CT molecular complexity index is 2020. The minimum Gasteiger partial charge on any atom is -0.299 e. The highest BCUT2D eigenvalue weighted by Gasteiger charge is 2.17. The molecule has 0 aliphatic heterocycles. The molecule has 1 unspecified atom stereocenters. The number of hydrogen-bond acceptors (Lipinski definition) is 1. The van der Waals surface area contributed by atoms with E-state index in [4.69, 9.17) is 64.2 Å². The van der Waals surface area contributed by atoms with E-state index in [9.17, 15) is 0 Å². The molecule has 1 heteroatoms. The maximum Gasteiger partial charge on any atom is 0.0593 e. The standard InChI is InChI=1S/C9H8.C9H14.C8H12.C8H6.C8H12.C7H10.C7H12.C6H10.C5H9N.C5H6/c1-3-9-6-4-8(2)5-7-9;1-2-6-9-7-4-3-5-8-9;2*1-2-8-6-4-3-5-7-8;1-2-5-8-6-3-4-7-8;1-2-7-5-3-4-6-7;1-4-6-7(3)5-2;1-5-6(2,3)4;1-4-5-6(2)3;1-2-5-3-4-5/h1,4-7H,2H3;1,9H,3-8H2;1,8H,3-7H2;1,3-7H;1,8H,3-7H2;1,7H,3-6H2;2,7H,4,6H2,1,3H3;1H,2-4H3;1H,5H2,2-3H3;1,5H,3-4H2. The number of rotatable bonds is 5. The summed E-state index contributed by atoms with van der Waals surface area (Å²) < 4.78 is 0. The summed E-state index contributed by atoms with van der Waals surface area (Å²) in [5, 5.41) is 0. The molecule has 5 saturated carbocycles. The fourth-order valence-electron chi connectivity index (χ4n) is 7.43. The third-order valence-corrected chi connectivity index (χ3v) is 12.3. The van der Waals surface area contributed by atoms with Crippen LogP contribution in [0.25, 0.3) is 0 Å². The van der Waals surface area contributed by atoms with Gasteiger partial charge >= 0.3 is 0 Å². The minimum atomic E-state index is 0.0694. The van der Waals surface area contributed by atoms with Crippen molar-refractivity contribution in [2.24, 2.45) is 40.9 Å². The molecule has 5 fully saturated rings. The third-order valence-electron chi connectivity index (χ3n) is 12.3. The van der Waals surface area contributed by atoms with Gasteiger partial charge in [-0.05, 0) is 149 Å². The van der Waals surface area contributed by atoms with Gasteiger partial charge < -0.3 is 0 Å². The Morgan fingerprint density at radius 3 is 1.10 bits per heavy atom. The first-order valence-electron chi connectivity index (χ1n) is 27.4. The van der Waals surface area contributed by atoms with Crippen molar-refractivity contribution >= 4 is 0 Å². The predicted molar refractivity (Wildman–Crippen MR) is 325 cm³/mol. The van der Waals surface area contributed by atoms with Crippen molar-refractivity contribution in [3.8, 4) is 123 Å². The van der Waals surface area contributed by atoms with Gasteiger partial charge in [0.2, 0.25) is 0 Å². The molecule has 73 heavy (non-hydrogen) atoms. The summed E-state index contributed by atoms with van der Waals surface area (Å²) in [6.07, 6.45) is 82.6. The molecule has 7 rings (SSSR count). The number of terminal acetylenes is 10. The lowest BCUT2D eigenvalue weighted by atomic mass is 9.87. The van der Waals surface area contributed by atoms with Crippen LogP contribution in [-0.4, -0.2) is 25.5 Å². The molecule has 1 nitrogen and oxygen atoms in total. The van der Waals surface area contributed by atoms with Gasteiger partial charge in [0.25, 0.3) is 0 Å². The first kappa shape index (κ1) is 71.3. The Balaban J connectivity index is -0.000000749. The molecule has 0 heterocycles. The molecule has 0 spiro atoms. The third kappa shape index (κ3) is 52.1. The van der Waals surface area contributed by atoms with Crippen LogP contribution in [-0.2, 0) is 0 Å². The number of nitrogens with zero attached hydrogens (tertiary/aromatic N) is 1. The van der Waals surface area contributed by atoms with Gasteiger partial charge in [-0.15, -0.1) is 106 Å². The van der Waals surface area contributed by atoms with E-state index in [1.165, 1.54) is 140 Å². The van der Waals surface area contributed by atoms with Gasteiger partial charge in [-0.3, -0.25) is 4.90 Å². The van der Waals surface area contributed by atoms with Gasteiger partial charge in [-0.25, -0.2) is 0 Å². The summed E-state index contributed by atoms with van der Waals surface area (Å²) >= 11 is 0. The monoisotopic (exact) mass is 978 g/mol. The van der Waals surface area contributed by atoms with E-state index in [1.807, 2.05) is 101 Å². The van der Waals surface area contributed by atoms with E-state index < -0.39 is 0 Å². The van der Waals surface area contributed by atoms with Crippen LogP contribution < -0.4 is 0 Å². The summed E-state index contributed by atoms with van der Waals surface area (Å²) in [6.45, 7) is 13.0. The molecule has 0 radical (unpaired) electrons. The lowest BCUT2D eigenvalue weighted by Crippen LogP contribution is -2.10. The molecule has 0 N–H and O–H groups in total. The Morgan fingerprint density at radius 2 is 0.863 bits per heavy atom. The predicted octanol–water partition coefficient (Wildman–Crippen LogP) is 17.4. The lowest BCUT2D eigenvalue weighted by molar-refractivity contribution is 0.365. The molecule has 5 aliphatic carbocycles. The highest BCUT2D eigenvalue weighted by atomic mass is 15.0. The first-order valence-corrected chi connectivity index (χ1v) is 27.4. The average Bonchev–Trinajstić information content (AvgIpc) is 3.83. The zero-order valence-electron chi connectivity index (χ0n) is 47.6. The van der Waals surface area contributed by atoms with E-state index in [1.54, 1.807) is 0 Å². The highest BCUT2D eigenvalue weighted by molar-refractivity contribution is 5.33. The van der Waals surface area contributed by atoms with Crippen molar-refractivity contribution in [2.75, 3.05) is 20.6 Å². The Kier molecular flexibility index (Phi) is 49.7. The second kappa shape index (κ2) is 50.9.